The molecule has 7 nitrogen and oxygen atoms in total. The van der Waals surface area contributed by atoms with Crippen LogP contribution in [0.5, 0.6) is 0 Å². The molecule has 1 aromatic carbocycles. The Morgan fingerprint density at radius 3 is 2.46 bits per heavy atom. The van der Waals surface area contributed by atoms with E-state index in [0.717, 1.165) is 5.56 Å². The number of thioether (sulfide) groups is 1. The normalized spacial score (nSPS) is 12.6. The first-order valence-electron chi connectivity index (χ1n) is 7.42. The van der Waals surface area contributed by atoms with E-state index in [2.05, 4.69) is 15.5 Å². The van der Waals surface area contributed by atoms with Gasteiger partial charge in [0.2, 0.25) is 11.1 Å². The van der Waals surface area contributed by atoms with Crippen LogP contribution in [-0.2, 0) is 22.2 Å². The average Bonchev–Trinajstić information content (AvgIpc) is 2.94. The molecule has 1 heterocycles. The van der Waals surface area contributed by atoms with Crippen LogP contribution < -0.4 is 11.2 Å². The number of amides is 1. The van der Waals surface area contributed by atoms with E-state index in [1.54, 1.807) is 0 Å². The summed E-state index contributed by atoms with van der Waals surface area (Å²) in [6.07, 6.45) is -4.42. The third kappa shape index (κ3) is 5.22. The van der Waals surface area contributed by atoms with Gasteiger partial charge in [-0.25, -0.2) is 4.68 Å². The number of nitrogens with two attached hydrogens (primary N) is 1. The molecule has 0 spiro atoms. The van der Waals surface area contributed by atoms with Gasteiger partial charge in [0.1, 0.15) is 0 Å². The predicted octanol–water partition coefficient (Wildman–Crippen LogP) is 1.42. The summed E-state index contributed by atoms with van der Waals surface area (Å²) >= 11 is 0.693. The first-order chi connectivity index (χ1) is 12.2. The maximum Gasteiger partial charge on any atom is 0.453 e. The highest BCUT2D eigenvalue weighted by molar-refractivity contribution is 7.99. The molecule has 0 aliphatic carbocycles. The molecule has 1 atom stereocenters. The van der Waals surface area contributed by atoms with Crippen molar-refractivity contribution in [2.45, 2.75) is 30.7 Å². The van der Waals surface area contributed by atoms with Gasteiger partial charge in [-0.15, -0.1) is 10.2 Å². The number of nitrogen functional groups attached to an aromatic ring is 1. The van der Waals surface area contributed by atoms with Gasteiger partial charge in [-0.05, 0) is 18.9 Å². The molecule has 2 rings (SSSR count). The van der Waals surface area contributed by atoms with Crippen LogP contribution in [0.15, 0.2) is 35.5 Å². The molecule has 0 bridgehead atoms. The fourth-order valence-corrected chi connectivity index (χ4v) is 2.75. The van der Waals surface area contributed by atoms with Gasteiger partial charge in [-0.2, -0.15) is 13.2 Å². The minimum absolute atomic E-state index is 0.228. The van der Waals surface area contributed by atoms with Crippen molar-refractivity contribution in [2.75, 3.05) is 11.6 Å². The van der Waals surface area contributed by atoms with Crippen molar-refractivity contribution in [2.24, 2.45) is 0 Å². The van der Waals surface area contributed by atoms with Crippen molar-refractivity contribution in [3.63, 3.8) is 0 Å². The number of Topliss-reactive ketones (excluding diaryl/α,β-unsaturated/α-hetero) is 1. The molecule has 0 aliphatic rings. The highest BCUT2D eigenvalue weighted by atomic mass is 32.2. The zero-order chi connectivity index (χ0) is 19.3. The SMILES string of the molecule is CC(=O)[C@H](Cc1ccccc1)NC(=O)CSc1nnc(C(F)(F)F)n1N. The standard InChI is InChI=1S/C15H16F3N5O2S/c1-9(24)11(7-10-5-3-2-4-6-10)20-12(25)8-26-14-22-21-13(23(14)19)15(16,17)18/h2-6,11H,7-8,19H2,1H3,(H,20,25)/t11-/m0/s1. The number of rotatable bonds is 7. The molecule has 0 unspecified atom stereocenters. The Hall–Kier alpha value is -2.56. The fourth-order valence-electron chi connectivity index (χ4n) is 2.08. The molecular weight excluding hydrogens is 371 g/mol. The number of aromatic nitrogens is 3. The summed E-state index contributed by atoms with van der Waals surface area (Å²) < 4.78 is 38.1. The first-order valence-corrected chi connectivity index (χ1v) is 8.41. The summed E-state index contributed by atoms with van der Waals surface area (Å²) in [7, 11) is 0. The van der Waals surface area contributed by atoms with Crippen molar-refractivity contribution >= 4 is 23.5 Å². The van der Waals surface area contributed by atoms with Gasteiger partial charge in [0.05, 0.1) is 11.8 Å². The van der Waals surface area contributed by atoms with E-state index in [1.807, 2.05) is 30.3 Å². The van der Waals surface area contributed by atoms with E-state index in [9.17, 15) is 22.8 Å². The van der Waals surface area contributed by atoms with E-state index in [4.69, 9.17) is 5.84 Å². The number of hydrogen-bond donors (Lipinski definition) is 2. The molecule has 3 N–H and O–H groups in total. The van der Waals surface area contributed by atoms with Crippen LogP contribution in [0.25, 0.3) is 0 Å². The fraction of sp³-hybridized carbons (Fsp3) is 0.333. The predicted molar refractivity (Wildman–Crippen MR) is 88.7 cm³/mol. The molecule has 0 radical (unpaired) electrons. The second-order valence-electron chi connectivity index (χ2n) is 5.38. The van der Waals surface area contributed by atoms with Crippen molar-refractivity contribution in [3.8, 4) is 0 Å². The van der Waals surface area contributed by atoms with Gasteiger partial charge in [0.25, 0.3) is 5.82 Å². The highest BCUT2D eigenvalue weighted by Gasteiger charge is 2.38. The van der Waals surface area contributed by atoms with Crippen LogP contribution in [0.2, 0.25) is 0 Å². The van der Waals surface area contributed by atoms with Gasteiger partial charge >= 0.3 is 6.18 Å². The molecule has 1 aromatic heterocycles. The van der Waals surface area contributed by atoms with Gasteiger partial charge < -0.3 is 11.2 Å². The second-order valence-corrected chi connectivity index (χ2v) is 6.33. The largest absolute Gasteiger partial charge is 0.453 e. The Balaban J connectivity index is 1.95. The summed E-state index contributed by atoms with van der Waals surface area (Å²) in [6.45, 7) is 1.35. The molecule has 0 aliphatic heterocycles. The zero-order valence-corrected chi connectivity index (χ0v) is 14.5. The van der Waals surface area contributed by atoms with Crippen LogP contribution in [0.3, 0.4) is 0 Å². The first kappa shape index (κ1) is 19.8. The van der Waals surface area contributed by atoms with Crippen molar-refractivity contribution < 1.29 is 22.8 Å². The second kappa shape index (κ2) is 8.21. The molecule has 26 heavy (non-hydrogen) atoms. The number of nitrogens with zero attached hydrogens (tertiary/aromatic N) is 3. The lowest BCUT2D eigenvalue weighted by atomic mass is 10.0. The van der Waals surface area contributed by atoms with Gasteiger partial charge in [0.15, 0.2) is 5.78 Å². The molecule has 11 heteroatoms. The Morgan fingerprint density at radius 2 is 1.92 bits per heavy atom. The van der Waals surface area contributed by atoms with Gasteiger partial charge in [-0.3, -0.25) is 9.59 Å². The van der Waals surface area contributed by atoms with Gasteiger partial charge in [0, 0.05) is 0 Å². The lowest BCUT2D eigenvalue weighted by Gasteiger charge is -2.16. The molecule has 2 aromatic rings. The number of ketones is 1. The number of carbonyl (C=O) groups excluding carboxylic acids is 2. The zero-order valence-electron chi connectivity index (χ0n) is 13.7. The van der Waals surface area contributed by atoms with Crippen molar-refractivity contribution in [1.29, 1.82) is 0 Å². The monoisotopic (exact) mass is 387 g/mol. The number of halogens is 3. The van der Waals surface area contributed by atoms with Crippen molar-refractivity contribution in [3.05, 3.63) is 41.7 Å². The lowest BCUT2D eigenvalue weighted by molar-refractivity contribution is -0.146. The molecular formula is C15H16F3N5O2S. The maximum atomic E-state index is 12.6. The molecule has 0 saturated carbocycles. The minimum atomic E-state index is -4.74. The summed E-state index contributed by atoms with van der Waals surface area (Å²) in [5, 5.41) is 8.59. The Bertz CT molecular complexity index is 779. The topological polar surface area (TPSA) is 103 Å². The Labute approximate surface area is 151 Å². The minimum Gasteiger partial charge on any atom is -0.345 e. The van der Waals surface area contributed by atoms with E-state index < -0.39 is 23.9 Å². The number of carbonyl (C=O) groups is 2. The van der Waals surface area contributed by atoms with Crippen LogP contribution in [0.1, 0.15) is 18.3 Å². The Kier molecular flexibility index (Phi) is 6.24. The summed E-state index contributed by atoms with van der Waals surface area (Å²) in [4.78, 5) is 23.8. The summed E-state index contributed by atoms with van der Waals surface area (Å²) in [5.41, 5.74) is 0.872. The number of alkyl halides is 3. The molecule has 0 saturated heterocycles. The van der Waals surface area contributed by atoms with Crippen LogP contribution in [0.4, 0.5) is 13.2 Å². The molecule has 140 valence electrons. The molecule has 0 fully saturated rings. The van der Waals surface area contributed by atoms with Gasteiger partial charge in [-0.1, -0.05) is 42.1 Å². The van der Waals surface area contributed by atoms with E-state index in [0.29, 0.717) is 18.2 Å². The number of hydrogen-bond acceptors (Lipinski definition) is 6. The number of nitrogens with one attached hydrogen (secondary N) is 1. The van der Waals surface area contributed by atoms with E-state index in [1.165, 1.54) is 6.92 Å². The van der Waals surface area contributed by atoms with Crippen LogP contribution >= 0.6 is 11.8 Å². The third-order valence-electron chi connectivity index (χ3n) is 3.36. The van der Waals surface area contributed by atoms with E-state index >= 15 is 0 Å². The maximum absolute atomic E-state index is 12.6. The quantitative estimate of drug-likeness (QED) is 0.550. The summed E-state index contributed by atoms with van der Waals surface area (Å²) in [6, 6.07) is 8.39. The smallest absolute Gasteiger partial charge is 0.345 e. The Morgan fingerprint density at radius 1 is 1.27 bits per heavy atom. The summed E-state index contributed by atoms with van der Waals surface area (Å²) in [5.74, 6) is 2.93. The number of benzene rings is 1. The van der Waals surface area contributed by atoms with Crippen LogP contribution in [0, 0.1) is 0 Å². The average molecular weight is 387 g/mol. The van der Waals surface area contributed by atoms with Crippen molar-refractivity contribution in [1.82, 2.24) is 20.2 Å². The van der Waals surface area contributed by atoms with Crippen LogP contribution in [-0.4, -0.2) is 38.4 Å². The highest BCUT2D eigenvalue weighted by Crippen LogP contribution is 2.28. The molecule has 1 amide bonds. The third-order valence-corrected chi connectivity index (χ3v) is 4.30. The lowest BCUT2D eigenvalue weighted by Crippen LogP contribution is -2.42. The van der Waals surface area contributed by atoms with E-state index in [-0.39, 0.29) is 21.4 Å².